The van der Waals surface area contributed by atoms with E-state index in [-0.39, 0.29) is 5.69 Å². The molecule has 3 rings (SSSR count). The van der Waals surface area contributed by atoms with E-state index in [1.807, 2.05) is 0 Å². The predicted molar refractivity (Wildman–Crippen MR) is 81.4 cm³/mol. The van der Waals surface area contributed by atoms with E-state index in [2.05, 4.69) is 5.32 Å². The molecule has 1 aliphatic rings. The molecule has 0 saturated carbocycles. The molecular weight excluding hydrogens is 323 g/mol. The van der Waals surface area contributed by atoms with Gasteiger partial charge in [0, 0.05) is 17.7 Å². The molecule has 0 aromatic heterocycles. The number of hydrogen-bond acceptors (Lipinski definition) is 3. The van der Waals surface area contributed by atoms with Crippen molar-refractivity contribution in [1.82, 2.24) is 0 Å². The standard InChI is InChI=1S/C17H14F3NO3/c18-17(19,20)12-3-5-13(6-4-12)21-16(22)11-2-7-14-15(10-11)24-9-1-8-23-14/h2-7,10H,1,8-9H2,(H,21,22). The normalized spacial score (nSPS) is 14.0. The second-order valence-corrected chi connectivity index (χ2v) is 5.24. The second-order valence-electron chi connectivity index (χ2n) is 5.24. The molecule has 126 valence electrons. The van der Waals surface area contributed by atoms with E-state index in [1.165, 1.54) is 12.1 Å². The Morgan fingerprint density at radius 2 is 1.62 bits per heavy atom. The van der Waals surface area contributed by atoms with Gasteiger partial charge in [0.15, 0.2) is 11.5 Å². The highest BCUT2D eigenvalue weighted by molar-refractivity contribution is 6.04. The van der Waals surface area contributed by atoms with Crippen molar-refractivity contribution < 1.29 is 27.4 Å². The van der Waals surface area contributed by atoms with Crippen LogP contribution in [0.2, 0.25) is 0 Å². The Balaban J connectivity index is 1.74. The molecule has 0 radical (unpaired) electrons. The Morgan fingerprint density at radius 1 is 0.958 bits per heavy atom. The molecule has 0 spiro atoms. The molecule has 4 nitrogen and oxygen atoms in total. The third kappa shape index (κ3) is 3.61. The third-order valence-corrected chi connectivity index (χ3v) is 3.48. The fourth-order valence-electron chi connectivity index (χ4n) is 2.25. The molecule has 0 aliphatic carbocycles. The van der Waals surface area contributed by atoms with Gasteiger partial charge >= 0.3 is 6.18 Å². The molecule has 24 heavy (non-hydrogen) atoms. The van der Waals surface area contributed by atoms with Gasteiger partial charge in [-0.05, 0) is 42.5 Å². The zero-order valence-electron chi connectivity index (χ0n) is 12.5. The summed E-state index contributed by atoms with van der Waals surface area (Å²) in [5.41, 5.74) is -0.157. The van der Waals surface area contributed by atoms with Crippen molar-refractivity contribution in [2.24, 2.45) is 0 Å². The topological polar surface area (TPSA) is 47.6 Å². The fraction of sp³-hybridized carbons (Fsp3) is 0.235. The Kier molecular flexibility index (Phi) is 4.33. The van der Waals surface area contributed by atoms with Gasteiger partial charge < -0.3 is 14.8 Å². The zero-order chi connectivity index (χ0) is 17.2. The number of nitrogens with one attached hydrogen (secondary N) is 1. The minimum Gasteiger partial charge on any atom is -0.490 e. The van der Waals surface area contributed by atoms with Crippen LogP contribution in [0, 0.1) is 0 Å². The summed E-state index contributed by atoms with van der Waals surface area (Å²) in [7, 11) is 0. The number of rotatable bonds is 2. The average molecular weight is 337 g/mol. The SMILES string of the molecule is O=C(Nc1ccc(C(F)(F)F)cc1)c1ccc2c(c1)OCCCO2. The maximum atomic E-state index is 12.5. The van der Waals surface area contributed by atoms with Crippen molar-refractivity contribution in [3.8, 4) is 11.5 Å². The number of carbonyl (C=O) groups is 1. The highest BCUT2D eigenvalue weighted by atomic mass is 19.4. The quantitative estimate of drug-likeness (QED) is 0.897. The number of ether oxygens (including phenoxy) is 2. The van der Waals surface area contributed by atoms with Gasteiger partial charge in [-0.1, -0.05) is 0 Å². The first-order valence-corrected chi connectivity index (χ1v) is 7.32. The van der Waals surface area contributed by atoms with Crippen LogP contribution < -0.4 is 14.8 Å². The number of amides is 1. The summed E-state index contributed by atoms with van der Waals surface area (Å²) in [6.45, 7) is 1.04. The van der Waals surface area contributed by atoms with Gasteiger partial charge in [-0.3, -0.25) is 4.79 Å². The van der Waals surface area contributed by atoms with Crippen LogP contribution in [0.15, 0.2) is 42.5 Å². The van der Waals surface area contributed by atoms with Gasteiger partial charge in [-0.2, -0.15) is 13.2 Å². The van der Waals surface area contributed by atoms with Gasteiger partial charge in [0.1, 0.15) is 0 Å². The molecule has 1 amide bonds. The number of fused-ring (bicyclic) bond motifs is 1. The van der Waals surface area contributed by atoms with Crippen LogP contribution >= 0.6 is 0 Å². The first-order chi connectivity index (χ1) is 11.4. The first-order valence-electron chi connectivity index (χ1n) is 7.32. The van der Waals surface area contributed by atoms with Crippen LogP contribution in [0.25, 0.3) is 0 Å². The van der Waals surface area contributed by atoms with Crippen LogP contribution in [0.4, 0.5) is 18.9 Å². The lowest BCUT2D eigenvalue weighted by molar-refractivity contribution is -0.137. The van der Waals surface area contributed by atoms with E-state index in [1.54, 1.807) is 18.2 Å². The molecule has 0 atom stereocenters. The lowest BCUT2D eigenvalue weighted by atomic mass is 10.1. The summed E-state index contributed by atoms with van der Waals surface area (Å²) < 4.78 is 48.6. The Labute approximate surface area is 136 Å². The molecular formula is C17H14F3NO3. The highest BCUT2D eigenvalue weighted by Gasteiger charge is 2.30. The number of alkyl halides is 3. The largest absolute Gasteiger partial charge is 0.490 e. The van der Waals surface area contributed by atoms with Crippen molar-refractivity contribution >= 4 is 11.6 Å². The van der Waals surface area contributed by atoms with Gasteiger partial charge in [-0.25, -0.2) is 0 Å². The Bertz CT molecular complexity index is 742. The first kappa shape index (κ1) is 16.2. The molecule has 0 fully saturated rings. The third-order valence-electron chi connectivity index (χ3n) is 3.48. The summed E-state index contributed by atoms with van der Waals surface area (Å²) >= 11 is 0. The summed E-state index contributed by atoms with van der Waals surface area (Å²) in [5, 5.41) is 2.56. The van der Waals surface area contributed by atoms with Gasteiger partial charge in [0.2, 0.25) is 0 Å². The molecule has 0 bridgehead atoms. The van der Waals surface area contributed by atoms with E-state index in [4.69, 9.17) is 9.47 Å². The van der Waals surface area contributed by atoms with E-state index < -0.39 is 17.6 Å². The number of halogens is 3. The predicted octanol–water partition coefficient (Wildman–Crippen LogP) is 4.12. The van der Waals surface area contributed by atoms with Crippen LogP contribution in [0.1, 0.15) is 22.3 Å². The molecule has 1 heterocycles. The molecule has 0 unspecified atom stereocenters. The minimum atomic E-state index is -4.41. The molecule has 2 aromatic carbocycles. The zero-order valence-corrected chi connectivity index (χ0v) is 12.5. The van der Waals surface area contributed by atoms with Crippen molar-refractivity contribution in [3.63, 3.8) is 0 Å². The summed E-state index contributed by atoms with van der Waals surface area (Å²) in [5.74, 6) is 0.608. The Morgan fingerprint density at radius 3 is 2.29 bits per heavy atom. The fourth-order valence-corrected chi connectivity index (χ4v) is 2.25. The van der Waals surface area contributed by atoms with Crippen molar-refractivity contribution in [2.45, 2.75) is 12.6 Å². The smallest absolute Gasteiger partial charge is 0.416 e. The number of benzene rings is 2. The van der Waals surface area contributed by atoms with Crippen LogP contribution in [0.3, 0.4) is 0 Å². The molecule has 2 aromatic rings. The van der Waals surface area contributed by atoms with Crippen molar-refractivity contribution in [2.75, 3.05) is 18.5 Å². The van der Waals surface area contributed by atoms with Crippen LogP contribution in [-0.2, 0) is 6.18 Å². The van der Waals surface area contributed by atoms with E-state index in [9.17, 15) is 18.0 Å². The van der Waals surface area contributed by atoms with E-state index >= 15 is 0 Å². The summed E-state index contributed by atoms with van der Waals surface area (Å²) in [6, 6.07) is 9.04. The maximum Gasteiger partial charge on any atom is 0.416 e. The summed E-state index contributed by atoms with van der Waals surface area (Å²) in [4.78, 5) is 12.2. The van der Waals surface area contributed by atoms with Crippen molar-refractivity contribution in [1.29, 1.82) is 0 Å². The van der Waals surface area contributed by atoms with E-state index in [0.29, 0.717) is 30.3 Å². The van der Waals surface area contributed by atoms with Crippen molar-refractivity contribution in [3.05, 3.63) is 53.6 Å². The second kappa shape index (κ2) is 6.43. The molecule has 0 saturated heterocycles. The number of hydrogen-bond donors (Lipinski definition) is 1. The lowest BCUT2D eigenvalue weighted by Crippen LogP contribution is -2.12. The van der Waals surface area contributed by atoms with E-state index in [0.717, 1.165) is 18.6 Å². The minimum absolute atomic E-state index is 0.278. The number of carbonyl (C=O) groups excluding carboxylic acids is 1. The Hall–Kier alpha value is -2.70. The highest BCUT2D eigenvalue weighted by Crippen LogP contribution is 2.31. The van der Waals surface area contributed by atoms with Crippen LogP contribution in [0.5, 0.6) is 11.5 Å². The van der Waals surface area contributed by atoms with Gasteiger partial charge in [0.05, 0.1) is 18.8 Å². The monoisotopic (exact) mass is 337 g/mol. The number of anilines is 1. The average Bonchev–Trinajstić information content (AvgIpc) is 2.79. The maximum absolute atomic E-state index is 12.5. The lowest BCUT2D eigenvalue weighted by Gasteiger charge is -2.11. The molecule has 7 heteroatoms. The molecule has 1 aliphatic heterocycles. The van der Waals surface area contributed by atoms with Gasteiger partial charge in [-0.15, -0.1) is 0 Å². The summed E-state index contributed by atoms with van der Waals surface area (Å²) in [6.07, 6.45) is -3.65. The van der Waals surface area contributed by atoms with Crippen LogP contribution in [-0.4, -0.2) is 19.1 Å². The molecule has 1 N–H and O–H groups in total. The van der Waals surface area contributed by atoms with Gasteiger partial charge in [0.25, 0.3) is 5.91 Å².